The summed E-state index contributed by atoms with van der Waals surface area (Å²) >= 11 is 0. The van der Waals surface area contributed by atoms with Gasteiger partial charge in [-0.15, -0.1) is 0 Å². The molecule has 0 unspecified atom stereocenters. The van der Waals surface area contributed by atoms with Crippen molar-refractivity contribution in [2.45, 2.75) is 31.7 Å². The normalized spacial score (nSPS) is 15.4. The van der Waals surface area contributed by atoms with E-state index in [1.807, 2.05) is 0 Å². The summed E-state index contributed by atoms with van der Waals surface area (Å²) in [5.41, 5.74) is 11.1. The Labute approximate surface area is 109 Å². The highest BCUT2D eigenvalue weighted by Crippen LogP contribution is 2.41. The highest BCUT2D eigenvalue weighted by molar-refractivity contribution is 5.68. The third-order valence-electron chi connectivity index (χ3n) is 3.98. The van der Waals surface area contributed by atoms with Gasteiger partial charge in [-0.05, 0) is 47.1 Å². The third kappa shape index (κ3) is 2.06. The van der Waals surface area contributed by atoms with Crippen molar-refractivity contribution in [3.8, 4) is 11.1 Å². The van der Waals surface area contributed by atoms with Gasteiger partial charge in [-0.3, -0.25) is 0 Å². The monoisotopic (exact) mass is 237 g/mol. The Balaban J connectivity index is 2.04. The van der Waals surface area contributed by atoms with Crippen molar-refractivity contribution in [2.75, 3.05) is 0 Å². The van der Waals surface area contributed by atoms with Gasteiger partial charge in [-0.25, -0.2) is 0 Å². The fraction of sp³-hybridized carbons (Fsp3) is 0.294. The summed E-state index contributed by atoms with van der Waals surface area (Å²) in [5, 5.41) is 0. The van der Waals surface area contributed by atoms with Crippen LogP contribution in [0.2, 0.25) is 0 Å². The van der Waals surface area contributed by atoms with Crippen LogP contribution in [-0.4, -0.2) is 0 Å². The van der Waals surface area contributed by atoms with Gasteiger partial charge in [0.15, 0.2) is 0 Å². The summed E-state index contributed by atoms with van der Waals surface area (Å²) in [6, 6.07) is 17.4. The highest BCUT2D eigenvalue weighted by Gasteiger charge is 2.22. The molecule has 1 nitrogen and oxygen atoms in total. The lowest BCUT2D eigenvalue weighted by Gasteiger charge is -2.28. The molecular weight excluding hydrogens is 218 g/mol. The minimum absolute atomic E-state index is 0.611. The summed E-state index contributed by atoms with van der Waals surface area (Å²) in [7, 11) is 0. The predicted octanol–water partition coefficient (Wildman–Crippen LogP) is 4.08. The molecule has 0 bridgehead atoms. The van der Waals surface area contributed by atoms with Gasteiger partial charge in [0, 0.05) is 6.54 Å². The number of rotatable bonds is 3. The van der Waals surface area contributed by atoms with E-state index in [4.69, 9.17) is 5.73 Å². The zero-order valence-electron chi connectivity index (χ0n) is 10.6. The second-order valence-electron chi connectivity index (χ2n) is 5.12. The molecule has 3 rings (SSSR count). The van der Waals surface area contributed by atoms with Crippen molar-refractivity contribution < 1.29 is 0 Å². The zero-order valence-corrected chi connectivity index (χ0v) is 10.6. The first kappa shape index (κ1) is 11.5. The highest BCUT2D eigenvalue weighted by atomic mass is 14.5. The first-order chi connectivity index (χ1) is 8.88. The Morgan fingerprint density at radius 1 is 1.00 bits per heavy atom. The van der Waals surface area contributed by atoms with Crippen molar-refractivity contribution in [1.82, 2.24) is 0 Å². The van der Waals surface area contributed by atoms with Crippen LogP contribution in [0.3, 0.4) is 0 Å². The Hall–Kier alpha value is -1.60. The molecule has 1 heteroatoms. The quantitative estimate of drug-likeness (QED) is 0.855. The van der Waals surface area contributed by atoms with E-state index in [9.17, 15) is 0 Å². The Kier molecular flexibility index (Phi) is 3.16. The number of benzene rings is 2. The first-order valence-electron chi connectivity index (χ1n) is 6.77. The first-order valence-corrected chi connectivity index (χ1v) is 6.77. The van der Waals surface area contributed by atoms with E-state index in [0.29, 0.717) is 6.54 Å². The minimum atomic E-state index is 0.611. The fourth-order valence-corrected chi connectivity index (χ4v) is 2.70. The van der Waals surface area contributed by atoms with Crippen LogP contribution in [-0.2, 0) is 6.54 Å². The van der Waals surface area contributed by atoms with Gasteiger partial charge in [-0.1, -0.05) is 48.9 Å². The summed E-state index contributed by atoms with van der Waals surface area (Å²) < 4.78 is 0. The number of hydrogen-bond acceptors (Lipinski definition) is 1. The standard InChI is InChI=1S/C17H19N/c18-12-13-5-3-8-15(11-13)17-10-2-1-9-16(17)14-6-4-7-14/h1-3,5,8-11,14H,4,6-7,12,18H2. The average Bonchev–Trinajstić information content (AvgIpc) is 2.37. The Morgan fingerprint density at radius 2 is 1.83 bits per heavy atom. The molecule has 2 aromatic carbocycles. The number of hydrogen-bond donors (Lipinski definition) is 1. The molecule has 0 aliphatic heterocycles. The molecule has 0 spiro atoms. The van der Waals surface area contributed by atoms with Crippen molar-refractivity contribution in [3.05, 3.63) is 59.7 Å². The van der Waals surface area contributed by atoms with Gasteiger partial charge in [0.25, 0.3) is 0 Å². The summed E-state index contributed by atoms with van der Waals surface area (Å²) in [4.78, 5) is 0. The van der Waals surface area contributed by atoms with E-state index in [2.05, 4.69) is 48.5 Å². The van der Waals surface area contributed by atoms with Crippen molar-refractivity contribution in [1.29, 1.82) is 0 Å². The second-order valence-corrected chi connectivity index (χ2v) is 5.12. The molecule has 2 N–H and O–H groups in total. The van der Waals surface area contributed by atoms with Gasteiger partial charge in [0.05, 0.1) is 0 Å². The molecule has 0 amide bonds. The maximum absolute atomic E-state index is 5.73. The largest absolute Gasteiger partial charge is 0.326 e. The van der Waals surface area contributed by atoms with E-state index in [-0.39, 0.29) is 0 Å². The molecule has 1 fully saturated rings. The topological polar surface area (TPSA) is 26.0 Å². The molecule has 18 heavy (non-hydrogen) atoms. The van der Waals surface area contributed by atoms with Crippen LogP contribution in [0.15, 0.2) is 48.5 Å². The zero-order chi connectivity index (χ0) is 12.4. The third-order valence-corrected chi connectivity index (χ3v) is 3.98. The lowest BCUT2D eigenvalue weighted by Crippen LogP contribution is -2.09. The van der Waals surface area contributed by atoms with Crippen LogP contribution in [0.25, 0.3) is 11.1 Å². The van der Waals surface area contributed by atoms with Crippen LogP contribution in [0.4, 0.5) is 0 Å². The van der Waals surface area contributed by atoms with E-state index >= 15 is 0 Å². The average molecular weight is 237 g/mol. The van der Waals surface area contributed by atoms with Gasteiger partial charge >= 0.3 is 0 Å². The maximum Gasteiger partial charge on any atom is 0.0178 e. The molecule has 1 aliphatic carbocycles. The lowest BCUT2D eigenvalue weighted by molar-refractivity contribution is 0.420. The molecule has 1 saturated carbocycles. The van der Waals surface area contributed by atoms with E-state index < -0.39 is 0 Å². The fourth-order valence-electron chi connectivity index (χ4n) is 2.70. The predicted molar refractivity (Wildman–Crippen MR) is 76.4 cm³/mol. The van der Waals surface area contributed by atoms with Crippen LogP contribution >= 0.6 is 0 Å². The Bertz CT molecular complexity index is 541. The number of nitrogens with two attached hydrogens (primary N) is 1. The van der Waals surface area contributed by atoms with E-state index in [0.717, 1.165) is 5.92 Å². The molecular formula is C17H19N. The molecule has 1 aliphatic rings. The molecule has 0 atom stereocenters. The second kappa shape index (κ2) is 4.95. The maximum atomic E-state index is 5.73. The van der Waals surface area contributed by atoms with Crippen LogP contribution < -0.4 is 5.73 Å². The summed E-state index contributed by atoms with van der Waals surface area (Å²) in [6.45, 7) is 0.611. The van der Waals surface area contributed by atoms with Gasteiger partial charge < -0.3 is 5.73 Å². The van der Waals surface area contributed by atoms with Crippen LogP contribution in [0.5, 0.6) is 0 Å². The molecule has 0 radical (unpaired) electrons. The SMILES string of the molecule is NCc1cccc(-c2ccccc2C2CCC2)c1. The van der Waals surface area contributed by atoms with Gasteiger partial charge in [-0.2, -0.15) is 0 Å². The molecule has 92 valence electrons. The molecule has 0 heterocycles. The van der Waals surface area contributed by atoms with E-state index in [1.54, 1.807) is 0 Å². The minimum Gasteiger partial charge on any atom is -0.326 e. The Morgan fingerprint density at radius 3 is 2.56 bits per heavy atom. The van der Waals surface area contributed by atoms with Gasteiger partial charge in [0.1, 0.15) is 0 Å². The lowest BCUT2D eigenvalue weighted by atomic mass is 9.77. The van der Waals surface area contributed by atoms with Gasteiger partial charge in [0.2, 0.25) is 0 Å². The summed E-state index contributed by atoms with van der Waals surface area (Å²) in [5.74, 6) is 0.766. The molecule has 0 saturated heterocycles. The van der Waals surface area contributed by atoms with E-state index in [1.165, 1.54) is 41.5 Å². The van der Waals surface area contributed by atoms with Crippen molar-refractivity contribution >= 4 is 0 Å². The van der Waals surface area contributed by atoms with Crippen molar-refractivity contribution in [2.24, 2.45) is 5.73 Å². The van der Waals surface area contributed by atoms with Crippen molar-refractivity contribution in [3.63, 3.8) is 0 Å². The van der Waals surface area contributed by atoms with Crippen LogP contribution in [0, 0.1) is 0 Å². The molecule has 2 aromatic rings. The van der Waals surface area contributed by atoms with Crippen LogP contribution in [0.1, 0.15) is 36.3 Å². The molecule has 0 aromatic heterocycles. The smallest absolute Gasteiger partial charge is 0.0178 e. The summed E-state index contributed by atoms with van der Waals surface area (Å²) in [6.07, 6.45) is 4.06.